The molecule has 0 bridgehead atoms. The van der Waals surface area contributed by atoms with Crippen LogP contribution in [0.25, 0.3) is 16.6 Å². The molecule has 0 spiro atoms. The highest BCUT2D eigenvalue weighted by atomic mass is 35.5. The number of carbonyl (C=O) groups excluding carboxylic acids is 3. The average Bonchev–Trinajstić information content (AvgIpc) is 3.16. The topological polar surface area (TPSA) is 64.8 Å². The van der Waals surface area contributed by atoms with Gasteiger partial charge in [-0.05, 0) is 40.8 Å². The van der Waals surface area contributed by atoms with Gasteiger partial charge in [-0.3, -0.25) is 14.4 Å². The van der Waals surface area contributed by atoms with E-state index in [0.717, 1.165) is 11.1 Å². The third-order valence-corrected chi connectivity index (χ3v) is 5.65. The first-order valence-corrected chi connectivity index (χ1v) is 10.5. The molecule has 2 heterocycles. The largest absolute Gasteiger partial charge is 0.497 e. The molecule has 6 heteroatoms. The number of hydrogen-bond donors (Lipinski definition) is 0. The number of fused-ring (bicyclic) bond motifs is 1. The van der Waals surface area contributed by atoms with Gasteiger partial charge >= 0.3 is 0 Å². The van der Waals surface area contributed by atoms with Crippen LogP contribution in [0.3, 0.4) is 0 Å². The lowest BCUT2D eigenvalue weighted by molar-refractivity contribution is -0.108. The van der Waals surface area contributed by atoms with Crippen molar-refractivity contribution in [3.63, 3.8) is 0 Å². The van der Waals surface area contributed by atoms with Gasteiger partial charge in [-0.25, -0.2) is 0 Å². The molecule has 160 valence electrons. The maximum absolute atomic E-state index is 13.9. The van der Waals surface area contributed by atoms with Crippen LogP contribution < -0.4 is 4.74 Å². The Kier molecular flexibility index (Phi) is 5.93. The van der Waals surface area contributed by atoms with E-state index in [9.17, 15) is 14.4 Å². The van der Waals surface area contributed by atoms with Crippen LogP contribution in [0.5, 0.6) is 5.75 Å². The number of benzene rings is 2. The molecule has 0 aliphatic rings. The lowest BCUT2D eigenvalue weighted by Gasteiger charge is -2.11. The van der Waals surface area contributed by atoms with Crippen molar-refractivity contribution in [3.05, 3.63) is 95.3 Å². The van der Waals surface area contributed by atoms with Gasteiger partial charge in [0.25, 0.3) is 5.24 Å². The van der Waals surface area contributed by atoms with Crippen LogP contribution in [0.2, 0.25) is 0 Å². The lowest BCUT2D eigenvalue weighted by Crippen LogP contribution is -2.12. The van der Waals surface area contributed by atoms with E-state index in [1.54, 1.807) is 34.9 Å². The number of nitrogens with zero attached hydrogens (tertiary/aromatic N) is 1. The first-order chi connectivity index (χ1) is 15.5. The van der Waals surface area contributed by atoms with Gasteiger partial charge in [0.15, 0.2) is 0 Å². The molecule has 4 rings (SSSR count). The summed E-state index contributed by atoms with van der Waals surface area (Å²) in [4.78, 5) is 38.5. The molecule has 0 aliphatic heterocycles. The summed E-state index contributed by atoms with van der Waals surface area (Å²) in [6, 6.07) is 20.3. The van der Waals surface area contributed by atoms with E-state index in [2.05, 4.69) is 0 Å². The molecular formula is C26H20ClNO4. The number of hydrogen-bond acceptors (Lipinski definition) is 4. The Labute approximate surface area is 190 Å². The molecular weight excluding hydrogens is 426 g/mol. The Morgan fingerprint density at radius 3 is 2.31 bits per heavy atom. The summed E-state index contributed by atoms with van der Waals surface area (Å²) in [5.41, 5.74) is 3.53. The number of ether oxygens (including phenoxy) is 1. The fourth-order valence-electron chi connectivity index (χ4n) is 4.03. The van der Waals surface area contributed by atoms with Crippen molar-refractivity contribution < 1.29 is 19.1 Å². The number of methoxy groups -OCH3 is 1. The molecule has 0 radical (unpaired) electrons. The van der Waals surface area contributed by atoms with E-state index in [1.807, 2.05) is 49.4 Å². The molecule has 0 atom stereocenters. The maximum atomic E-state index is 13.9. The maximum Gasteiger partial charge on any atom is 0.293 e. The zero-order valence-electron chi connectivity index (χ0n) is 17.6. The number of rotatable bonds is 7. The Hall–Kier alpha value is -3.70. The second kappa shape index (κ2) is 8.81. The Morgan fingerprint density at radius 2 is 1.66 bits per heavy atom. The van der Waals surface area contributed by atoms with Crippen molar-refractivity contribution in [2.75, 3.05) is 7.11 Å². The molecule has 0 saturated heterocycles. The second-order valence-corrected chi connectivity index (χ2v) is 7.56. The van der Waals surface area contributed by atoms with E-state index in [-0.39, 0.29) is 11.3 Å². The zero-order chi connectivity index (χ0) is 22.8. The number of halogens is 1. The number of carbonyl (C=O) groups is 3. The fraction of sp³-hybridized carbons (Fsp3) is 0.115. The highest BCUT2D eigenvalue weighted by Gasteiger charge is 2.30. The van der Waals surface area contributed by atoms with Gasteiger partial charge in [0, 0.05) is 17.8 Å². The van der Waals surface area contributed by atoms with Crippen molar-refractivity contribution in [3.8, 4) is 16.9 Å². The van der Waals surface area contributed by atoms with Crippen LogP contribution in [0, 0.1) is 0 Å². The Morgan fingerprint density at radius 1 is 0.969 bits per heavy atom. The van der Waals surface area contributed by atoms with Crippen molar-refractivity contribution in [2.24, 2.45) is 0 Å². The van der Waals surface area contributed by atoms with Gasteiger partial charge in [0.2, 0.25) is 11.6 Å². The van der Waals surface area contributed by atoms with Crippen LogP contribution in [-0.2, 0) is 11.2 Å². The first-order valence-electron chi connectivity index (χ1n) is 10.1. The molecule has 4 aromatic rings. The van der Waals surface area contributed by atoms with Crippen molar-refractivity contribution in [2.45, 2.75) is 13.3 Å². The fourth-order valence-corrected chi connectivity index (χ4v) is 4.13. The molecule has 0 amide bonds. The van der Waals surface area contributed by atoms with Gasteiger partial charge in [-0.2, -0.15) is 0 Å². The van der Waals surface area contributed by atoms with Crippen molar-refractivity contribution in [1.82, 2.24) is 4.40 Å². The summed E-state index contributed by atoms with van der Waals surface area (Å²) in [6.45, 7) is 1.83. The molecule has 0 fully saturated rings. The minimum atomic E-state index is -1.10. The average molecular weight is 446 g/mol. The summed E-state index contributed by atoms with van der Waals surface area (Å²) in [5, 5.41) is -1.10. The highest BCUT2D eigenvalue weighted by Crippen LogP contribution is 2.32. The number of ketones is 2. The predicted molar refractivity (Wildman–Crippen MR) is 124 cm³/mol. The summed E-state index contributed by atoms with van der Waals surface area (Å²) < 4.78 is 6.93. The predicted octanol–water partition coefficient (Wildman–Crippen LogP) is 5.36. The molecule has 5 nitrogen and oxygen atoms in total. The van der Waals surface area contributed by atoms with Gasteiger partial charge in [-0.15, -0.1) is 0 Å². The van der Waals surface area contributed by atoms with Gasteiger partial charge in [-0.1, -0.05) is 61.5 Å². The van der Waals surface area contributed by atoms with E-state index in [1.165, 1.54) is 7.11 Å². The third kappa shape index (κ3) is 3.61. The zero-order valence-corrected chi connectivity index (χ0v) is 18.3. The molecule has 0 N–H and O–H groups in total. The monoisotopic (exact) mass is 445 g/mol. The number of Topliss-reactive ketones (excluding diaryl/α,β-unsaturated/α-hetero) is 1. The summed E-state index contributed by atoms with van der Waals surface area (Å²) >= 11 is 5.56. The Bertz CT molecular complexity index is 1360. The van der Waals surface area contributed by atoms with Crippen LogP contribution in [-0.4, -0.2) is 28.3 Å². The van der Waals surface area contributed by atoms with Gasteiger partial charge in [0.1, 0.15) is 5.75 Å². The molecule has 0 aliphatic carbocycles. The third-order valence-electron chi connectivity index (χ3n) is 5.48. The van der Waals surface area contributed by atoms with E-state index in [4.69, 9.17) is 16.3 Å². The smallest absolute Gasteiger partial charge is 0.293 e. The standard InChI is InChI=1S/C26H20ClNO4/c1-3-18-22(25(30)26(27)31)21-15-17(32-2)13-14-28(21)23(18)24(29)20-12-8-7-11-19(20)16-9-5-4-6-10-16/h4-15H,3H2,1-2H3. The first kappa shape index (κ1) is 21.5. The molecule has 2 aromatic heterocycles. The SMILES string of the molecule is CCc1c(C(=O)C(=O)Cl)c2cc(OC)ccn2c1C(=O)c1ccccc1-c1ccccc1. The van der Waals surface area contributed by atoms with Gasteiger partial charge in [0.05, 0.1) is 23.9 Å². The quantitative estimate of drug-likeness (QED) is 0.218. The molecule has 32 heavy (non-hydrogen) atoms. The van der Waals surface area contributed by atoms with Crippen molar-refractivity contribution >= 4 is 33.9 Å². The minimum absolute atomic E-state index is 0.131. The minimum Gasteiger partial charge on any atom is -0.497 e. The van der Waals surface area contributed by atoms with Gasteiger partial charge < -0.3 is 9.14 Å². The van der Waals surface area contributed by atoms with Crippen LogP contribution in [0.15, 0.2) is 72.9 Å². The van der Waals surface area contributed by atoms with E-state index < -0.39 is 11.0 Å². The number of pyridine rings is 1. The normalized spacial score (nSPS) is 10.8. The van der Waals surface area contributed by atoms with Crippen LogP contribution in [0.1, 0.15) is 38.9 Å². The summed E-state index contributed by atoms with van der Waals surface area (Å²) in [6.07, 6.45) is 2.03. The second-order valence-electron chi connectivity index (χ2n) is 7.22. The lowest BCUT2D eigenvalue weighted by atomic mass is 9.93. The van der Waals surface area contributed by atoms with Crippen LogP contribution in [0.4, 0.5) is 0 Å². The van der Waals surface area contributed by atoms with E-state index in [0.29, 0.717) is 34.5 Å². The molecule has 0 unspecified atom stereocenters. The molecule has 2 aromatic carbocycles. The number of aromatic nitrogens is 1. The van der Waals surface area contributed by atoms with Crippen molar-refractivity contribution in [1.29, 1.82) is 0 Å². The molecule has 0 saturated carbocycles. The summed E-state index contributed by atoms with van der Waals surface area (Å²) in [5.74, 6) is -0.593. The van der Waals surface area contributed by atoms with Crippen LogP contribution >= 0.6 is 11.6 Å². The van der Waals surface area contributed by atoms with E-state index >= 15 is 0 Å². The Balaban J connectivity index is 2.01. The highest BCUT2D eigenvalue weighted by molar-refractivity contribution is 6.83. The summed E-state index contributed by atoms with van der Waals surface area (Å²) in [7, 11) is 1.51.